The third-order valence-electron chi connectivity index (χ3n) is 3.12. The van der Waals surface area contributed by atoms with Gasteiger partial charge in [-0.15, -0.1) is 0 Å². The van der Waals surface area contributed by atoms with E-state index in [0.29, 0.717) is 22.3 Å². The van der Waals surface area contributed by atoms with E-state index in [1.165, 1.54) is 7.11 Å². The van der Waals surface area contributed by atoms with Gasteiger partial charge in [0.05, 0.1) is 18.3 Å². The first-order chi connectivity index (χ1) is 9.72. The molecular formula is C15H12N2O3. The van der Waals surface area contributed by atoms with E-state index in [1.807, 2.05) is 6.07 Å². The van der Waals surface area contributed by atoms with Gasteiger partial charge in [0.1, 0.15) is 11.1 Å². The van der Waals surface area contributed by atoms with Gasteiger partial charge in [-0.2, -0.15) is 0 Å². The lowest BCUT2D eigenvalue weighted by molar-refractivity contribution is 0.419. The standard InChI is InChI=1S/C15H12N2O3/c1-20-12-9-5-8-11-13(12)14(18)17(15(19)16-11)10-6-3-2-4-7-10/h2-9H,1H3,(H,16,19). The van der Waals surface area contributed by atoms with Crippen LogP contribution in [0.1, 0.15) is 0 Å². The Morgan fingerprint density at radius 2 is 1.75 bits per heavy atom. The van der Waals surface area contributed by atoms with Crippen LogP contribution in [0.2, 0.25) is 0 Å². The first kappa shape index (κ1) is 12.2. The van der Waals surface area contributed by atoms with Gasteiger partial charge in [-0.05, 0) is 24.3 Å². The summed E-state index contributed by atoms with van der Waals surface area (Å²) in [7, 11) is 1.49. The Morgan fingerprint density at radius 3 is 2.45 bits per heavy atom. The fourth-order valence-electron chi connectivity index (χ4n) is 2.21. The Balaban J connectivity index is 2.46. The molecule has 1 heterocycles. The number of methoxy groups -OCH3 is 1. The summed E-state index contributed by atoms with van der Waals surface area (Å²) in [6.45, 7) is 0. The number of ether oxygens (including phenoxy) is 1. The number of hydrogen-bond acceptors (Lipinski definition) is 3. The molecule has 0 aliphatic carbocycles. The quantitative estimate of drug-likeness (QED) is 0.769. The van der Waals surface area contributed by atoms with E-state index in [0.717, 1.165) is 4.57 Å². The Labute approximate surface area is 114 Å². The van der Waals surface area contributed by atoms with Crippen LogP contribution in [0.4, 0.5) is 0 Å². The topological polar surface area (TPSA) is 64.1 Å². The van der Waals surface area contributed by atoms with Crippen LogP contribution in [-0.2, 0) is 0 Å². The van der Waals surface area contributed by atoms with E-state index in [2.05, 4.69) is 4.98 Å². The van der Waals surface area contributed by atoms with Crippen molar-refractivity contribution in [1.29, 1.82) is 0 Å². The normalized spacial score (nSPS) is 10.7. The van der Waals surface area contributed by atoms with Gasteiger partial charge in [0.25, 0.3) is 5.56 Å². The number of nitrogens with one attached hydrogen (secondary N) is 1. The van der Waals surface area contributed by atoms with Crippen LogP contribution in [0.3, 0.4) is 0 Å². The molecule has 0 spiro atoms. The SMILES string of the molecule is COc1cccc2[nH]c(=O)n(-c3ccccc3)c(=O)c12. The minimum absolute atomic E-state index is 0.360. The van der Waals surface area contributed by atoms with Crippen LogP contribution < -0.4 is 16.0 Å². The molecule has 3 aromatic rings. The number of fused-ring (bicyclic) bond motifs is 1. The zero-order chi connectivity index (χ0) is 14.1. The average molecular weight is 268 g/mol. The maximum atomic E-state index is 12.6. The van der Waals surface area contributed by atoms with Crippen molar-refractivity contribution in [2.24, 2.45) is 0 Å². The third-order valence-corrected chi connectivity index (χ3v) is 3.12. The molecule has 0 radical (unpaired) electrons. The predicted octanol–water partition coefficient (Wildman–Crippen LogP) is 1.69. The molecule has 5 heteroatoms. The van der Waals surface area contributed by atoms with E-state index in [1.54, 1.807) is 42.5 Å². The van der Waals surface area contributed by atoms with Crippen molar-refractivity contribution < 1.29 is 4.74 Å². The molecule has 0 aliphatic rings. The molecule has 0 unspecified atom stereocenters. The Hall–Kier alpha value is -2.82. The van der Waals surface area contributed by atoms with Gasteiger partial charge in [0, 0.05) is 0 Å². The molecule has 0 aliphatic heterocycles. The van der Waals surface area contributed by atoms with Gasteiger partial charge in [0.2, 0.25) is 0 Å². The molecule has 0 amide bonds. The van der Waals surface area contributed by atoms with E-state index >= 15 is 0 Å². The van der Waals surface area contributed by atoms with Gasteiger partial charge < -0.3 is 9.72 Å². The van der Waals surface area contributed by atoms with Gasteiger partial charge >= 0.3 is 5.69 Å². The van der Waals surface area contributed by atoms with Gasteiger partial charge in [-0.3, -0.25) is 4.79 Å². The van der Waals surface area contributed by atoms with Gasteiger partial charge in [-0.1, -0.05) is 24.3 Å². The summed E-state index contributed by atoms with van der Waals surface area (Å²) in [4.78, 5) is 27.4. The summed E-state index contributed by atoms with van der Waals surface area (Å²) in [5, 5.41) is 0.360. The number of aromatic nitrogens is 2. The van der Waals surface area contributed by atoms with E-state index in [-0.39, 0.29) is 0 Å². The number of aromatic amines is 1. The molecule has 2 aromatic carbocycles. The minimum Gasteiger partial charge on any atom is -0.496 e. The van der Waals surface area contributed by atoms with Crippen molar-refractivity contribution in [3.8, 4) is 11.4 Å². The molecule has 3 rings (SSSR count). The number of rotatable bonds is 2. The Kier molecular flexibility index (Phi) is 2.87. The van der Waals surface area contributed by atoms with Crippen LogP contribution in [0.15, 0.2) is 58.1 Å². The molecule has 0 bridgehead atoms. The summed E-state index contributed by atoms with van der Waals surface area (Å²) >= 11 is 0. The predicted molar refractivity (Wildman–Crippen MR) is 76.7 cm³/mol. The summed E-state index contributed by atoms with van der Waals surface area (Å²) in [6.07, 6.45) is 0. The largest absolute Gasteiger partial charge is 0.496 e. The third kappa shape index (κ3) is 1.80. The zero-order valence-corrected chi connectivity index (χ0v) is 10.8. The number of para-hydroxylation sites is 1. The molecule has 0 saturated heterocycles. The van der Waals surface area contributed by atoms with Crippen LogP contribution in [0, 0.1) is 0 Å². The number of H-pyrrole nitrogens is 1. The van der Waals surface area contributed by atoms with Crippen molar-refractivity contribution >= 4 is 10.9 Å². The fraction of sp³-hybridized carbons (Fsp3) is 0.0667. The van der Waals surface area contributed by atoms with Crippen LogP contribution >= 0.6 is 0 Å². The first-order valence-electron chi connectivity index (χ1n) is 6.10. The minimum atomic E-state index is -0.470. The molecule has 0 fully saturated rings. The molecule has 1 aromatic heterocycles. The fourth-order valence-corrected chi connectivity index (χ4v) is 2.21. The molecule has 100 valence electrons. The maximum absolute atomic E-state index is 12.6. The smallest absolute Gasteiger partial charge is 0.333 e. The van der Waals surface area contributed by atoms with E-state index < -0.39 is 11.2 Å². The summed E-state index contributed by atoms with van der Waals surface area (Å²) in [5.74, 6) is 0.438. The molecule has 0 atom stereocenters. The lowest BCUT2D eigenvalue weighted by Gasteiger charge is -2.08. The summed E-state index contributed by atoms with van der Waals surface area (Å²) < 4.78 is 6.31. The summed E-state index contributed by atoms with van der Waals surface area (Å²) in [6, 6.07) is 13.9. The van der Waals surface area contributed by atoms with Crippen molar-refractivity contribution in [1.82, 2.24) is 9.55 Å². The lowest BCUT2D eigenvalue weighted by Crippen LogP contribution is -2.33. The van der Waals surface area contributed by atoms with Crippen molar-refractivity contribution in [2.75, 3.05) is 7.11 Å². The first-order valence-corrected chi connectivity index (χ1v) is 6.10. The van der Waals surface area contributed by atoms with Crippen LogP contribution in [0.5, 0.6) is 5.75 Å². The highest BCUT2D eigenvalue weighted by Gasteiger charge is 2.12. The van der Waals surface area contributed by atoms with Crippen molar-refractivity contribution in [3.63, 3.8) is 0 Å². The second kappa shape index (κ2) is 4.70. The molecule has 1 N–H and O–H groups in total. The highest BCUT2D eigenvalue weighted by Crippen LogP contribution is 2.19. The Bertz CT molecular complexity index is 879. The lowest BCUT2D eigenvalue weighted by atomic mass is 10.2. The summed E-state index contributed by atoms with van der Waals surface area (Å²) in [5.41, 5.74) is 0.118. The highest BCUT2D eigenvalue weighted by atomic mass is 16.5. The van der Waals surface area contributed by atoms with E-state index in [4.69, 9.17) is 4.74 Å². The van der Waals surface area contributed by atoms with Crippen LogP contribution in [-0.4, -0.2) is 16.7 Å². The second-order valence-corrected chi connectivity index (χ2v) is 4.29. The van der Waals surface area contributed by atoms with Crippen LogP contribution in [0.25, 0.3) is 16.6 Å². The molecular weight excluding hydrogens is 256 g/mol. The van der Waals surface area contributed by atoms with Gasteiger partial charge in [0.15, 0.2) is 0 Å². The average Bonchev–Trinajstić information content (AvgIpc) is 2.47. The molecule has 0 saturated carbocycles. The zero-order valence-electron chi connectivity index (χ0n) is 10.8. The van der Waals surface area contributed by atoms with Crippen molar-refractivity contribution in [3.05, 3.63) is 69.4 Å². The van der Waals surface area contributed by atoms with Crippen molar-refractivity contribution in [2.45, 2.75) is 0 Å². The number of nitrogens with zero attached hydrogens (tertiary/aromatic N) is 1. The number of benzene rings is 2. The maximum Gasteiger partial charge on any atom is 0.333 e. The van der Waals surface area contributed by atoms with E-state index in [9.17, 15) is 9.59 Å². The molecule has 5 nitrogen and oxygen atoms in total. The number of hydrogen-bond donors (Lipinski definition) is 1. The monoisotopic (exact) mass is 268 g/mol. The second-order valence-electron chi connectivity index (χ2n) is 4.29. The molecule has 20 heavy (non-hydrogen) atoms. The van der Waals surface area contributed by atoms with Gasteiger partial charge in [-0.25, -0.2) is 9.36 Å². The highest BCUT2D eigenvalue weighted by molar-refractivity contribution is 5.84. The Morgan fingerprint density at radius 1 is 1.00 bits per heavy atom.